The van der Waals surface area contributed by atoms with Crippen LogP contribution >= 0.6 is 27.7 Å². The van der Waals surface area contributed by atoms with Gasteiger partial charge < -0.3 is 10.6 Å². The molecule has 1 heterocycles. The smallest absolute Gasteiger partial charge is 0.148 e. The van der Waals surface area contributed by atoms with Crippen LogP contribution in [-0.2, 0) is 0 Å². The van der Waals surface area contributed by atoms with Crippen molar-refractivity contribution in [2.24, 2.45) is 5.73 Å². The summed E-state index contributed by atoms with van der Waals surface area (Å²) in [6.45, 7) is 0. The van der Waals surface area contributed by atoms with Crippen molar-refractivity contribution in [3.63, 3.8) is 0 Å². The molecule has 0 radical (unpaired) electrons. The van der Waals surface area contributed by atoms with E-state index in [4.69, 9.17) is 5.73 Å². The lowest BCUT2D eigenvalue weighted by Gasteiger charge is -2.23. The third-order valence-electron chi connectivity index (χ3n) is 2.80. The van der Waals surface area contributed by atoms with E-state index in [1.165, 1.54) is 17.8 Å². The molecule has 2 N–H and O–H groups in total. The zero-order valence-corrected chi connectivity index (χ0v) is 11.7. The molecule has 0 saturated carbocycles. The maximum absolute atomic E-state index is 14.0. The van der Waals surface area contributed by atoms with Gasteiger partial charge in [0.2, 0.25) is 0 Å². The van der Waals surface area contributed by atoms with Crippen molar-refractivity contribution in [3.05, 3.63) is 52.8 Å². The zero-order chi connectivity index (χ0) is 12.7. The van der Waals surface area contributed by atoms with Crippen molar-refractivity contribution in [1.82, 2.24) is 0 Å². The molecule has 0 fully saturated rings. The fourth-order valence-corrected chi connectivity index (χ4v) is 3.33. The Bertz CT molecular complexity index is 588. The summed E-state index contributed by atoms with van der Waals surface area (Å²) in [6.07, 6.45) is 0. The first-order valence-electron chi connectivity index (χ1n) is 5.42. The summed E-state index contributed by atoms with van der Waals surface area (Å²) in [6, 6.07) is 12.7. The van der Waals surface area contributed by atoms with Crippen LogP contribution in [-0.4, -0.2) is 5.50 Å². The molecule has 18 heavy (non-hydrogen) atoms. The highest BCUT2D eigenvalue weighted by Gasteiger charge is 2.31. The van der Waals surface area contributed by atoms with Crippen LogP contribution in [0.5, 0.6) is 0 Å². The Hall–Kier alpha value is -1.04. The maximum Gasteiger partial charge on any atom is 0.148 e. The van der Waals surface area contributed by atoms with E-state index >= 15 is 0 Å². The van der Waals surface area contributed by atoms with Crippen molar-refractivity contribution in [2.75, 3.05) is 4.90 Å². The van der Waals surface area contributed by atoms with E-state index in [1.54, 1.807) is 6.07 Å². The summed E-state index contributed by atoms with van der Waals surface area (Å²) in [7, 11) is 0. The molecular formula is C13H10BrFN2S. The van der Waals surface area contributed by atoms with Gasteiger partial charge in [-0.15, -0.1) is 0 Å². The SMILES string of the molecule is NC1Sc2cccc(F)c2N1c1ccc(Br)cc1. The first kappa shape index (κ1) is 12.0. The van der Waals surface area contributed by atoms with Gasteiger partial charge in [0.05, 0.1) is 5.69 Å². The number of hydrogen-bond donors (Lipinski definition) is 1. The fraction of sp³-hybridized carbons (Fsp3) is 0.0769. The standard InChI is InChI=1S/C13H10BrFN2S/c14-8-4-6-9(7-5-8)17-12-10(15)2-1-3-11(12)18-13(17)16/h1-7,13H,16H2. The second-order valence-corrected chi connectivity index (χ2v) is 6.02. The highest BCUT2D eigenvalue weighted by atomic mass is 79.9. The quantitative estimate of drug-likeness (QED) is 0.857. The van der Waals surface area contributed by atoms with Gasteiger partial charge in [0, 0.05) is 15.1 Å². The van der Waals surface area contributed by atoms with Crippen LogP contribution in [0.1, 0.15) is 0 Å². The minimum absolute atomic E-state index is 0.240. The van der Waals surface area contributed by atoms with Gasteiger partial charge in [-0.05, 0) is 36.4 Å². The molecule has 2 aromatic rings. The van der Waals surface area contributed by atoms with Crippen LogP contribution in [0, 0.1) is 5.82 Å². The van der Waals surface area contributed by atoms with E-state index in [2.05, 4.69) is 15.9 Å². The third kappa shape index (κ3) is 1.92. The van der Waals surface area contributed by atoms with E-state index in [-0.39, 0.29) is 11.3 Å². The minimum Gasteiger partial charge on any atom is -0.313 e. The van der Waals surface area contributed by atoms with Gasteiger partial charge >= 0.3 is 0 Å². The Kier molecular flexibility index (Phi) is 3.05. The number of nitrogens with zero attached hydrogens (tertiary/aromatic N) is 1. The summed E-state index contributed by atoms with van der Waals surface area (Å²) in [5.74, 6) is -0.240. The molecule has 92 valence electrons. The van der Waals surface area contributed by atoms with E-state index in [0.29, 0.717) is 5.69 Å². The molecule has 0 amide bonds. The molecule has 0 saturated heterocycles. The van der Waals surface area contributed by atoms with Crippen molar-refractivity contribution in [2.45, 2.75) is 10.4 Å². The second kappa shape index (κ2) is 4.57. The Morgan fingerprint density at radius 3 is 2.61 bits per heavy atom. The molecule has 0 bridgehead atoms. The molecular weight excluding hydrogens is 315 g/mol. The number of anilines is 2. The van der Waals surface area contributed by atoms with Gasteiger partial charge in [0.25, 0.3) is 0 Å². The number of fused-ring (bicyclic) bond motifs is 1. The van der Waals surface area contributed by atoms with Crippen LogP contribution in [0.3, 0.4) is 0 Å². The van der Waals surface area contributed by atoms with E-state index in [0.717, 1.165) is 15.1 Å². The highest BCUT2D eigenvalue weighted by Crippen LogP contribution is 2.46. The first-order valence-corrected chi connectivity index (χ1v) is 7.09. The molecule has 2 aromatic carbocycles. The monoisotopic (exact) mass is 324 g/mol. The maximum atomic E-state index is 14.0. The zero-order valence-electron chi connectivity index (χ0n) is 9.31. The van der Waals surface area contributed by atoms with Crippen LogP contribution in [0.25, 0.3) is 0 Å². The summed E-state index contributed by atoms with van der Waals surface area (Å²) in [5, 5.41) is 0. The van der Waals surface area contributed by atoms with Crippen LogP contribution in [0.4, 0.5) is 15.8 Å². The average Bonchev–Trinajstić information content (AvgIpc) is 2.68. The van der Waals surface area contributed by atoms with E-state index in [9.17, 15) is 4.39 Å². The average molecular weight is 325 g/mol. The van der Waals surface area contributed by atoms with Crippen molar-refractivity contribution < 1.29 is 4.39 Å². The summed E-state index contributed by atoms with van der Waals surface area (Å²) in [5.41, 5.74) is 7.24. The molecule has 1 unspecified atom stereocenters. The summed E-state index contributed by atoms with van der Waals surface area (Å²) < 4.78 is 14.9. The molecule has 1 atom stereocenters. The normalized spacial score (nSPS) is 17.9. The molecule has 1 aliphatic rings. The molecule has 0 aliphatic carbocycles. The minimum atomic E-state index is -0.293. The predicted octanol–water partition coefficient (Wildman–Crippen LogP) is 4.07. The summed E-state index contributed by atoms with van der Waals surface area (Å²) in [4.78, 5) is 2.70. The molecule has 0 aromatic heterocycles. The number of benzene rings is 2. The Morgan fingerprint density at radius 2 is 1.89 bits per heavy atom. The number of hydrogen-bond acceptors (Lipinski definition) is 3. The van der Waals surface area contributed by atoms with Gasteiger partial charge in [-0.25, -0.2) is 4.39 Å². The van der Waals surface area contributed by atoms with Crippen LogP contribution in [0.15, 0.2) is 51.8 Å². The number of para-hydroxylation sites is 1. The molecule has 5 heteroatoms. The van der Waals surface area contributed by atoms with Crippen molar-refractivity contribution in [1.29, 1.82) is 0 Å². The third-order valence-corrected chi connectivity index (χ3v) is 4.36. The predicted molar refractivity (Wildman–Crippen MR) is 76.5 cm³/mol. The fourth-order valence-electron chi connectivity index (χ4n) is 2.01. The highest BCUT2D eigenvalue weighted by molar-refractivity contribution is 9.10. The number of halogens is 2. The van der Waals surface area contributed by atoms with Crippen molar-refractivity contribution in [3.8, 4) is 0 Å². The largest absolute Gasteiger partial charge is 0.313 e. The lowest BCUT2D eigenvalue weighted by atomic mass is 10.2. The van der Waals surface area contributed by atoms with Gasteiger partial charge in [-0.3, -0.25) is 0 Å². The number of rotatable bonds is 1. The number of nitrogens with two attached hydrogens (primary N) is 1. The van der Waals surface area contributed by atoms with Crippen LogP contribution in [0.2, 0.25) is 0 Å². The molecule has 0 spiro atoms. The number of thioether (sulfide) groups is 1. The van der Waals surface area contributed by atoms with E-state index in [1.807, 2.05) is 35.2 Å². The second-order valence-electron chi connectivity index (χ2n) is 3.94. The molecule has 1 aliphatic heterocycles. The van der Waals surface area contributed by atoms with Gasteiger partial charge in [-0.1, -0.05) is 33.8 Å². The molecule has 3 rings (SSSR count). The summed E-state index contributed by atoms with van der Waals surface area (Å²) >= 11 is 4.85. The van der Waals surface area contributed by atoms with Crippen molar-refractivity contribution >= 4 is 39.1 Å². The van der Waals surface area contributed by atoms with Gasteiger partial charge in [0.1, 0.15) is 11.3 Å². The topological polar surface area (TPSA) is 29.3 Å². The van der Waals surface area contributed by atoms with Crippen LogP contribution < -0.4 is 10.6 Å². The Morgan fingerprint density at radius 1 is 1.17 bits per heavy atom. The Labute approximate surface area is 117 Å². The van der Waals surface area contributed by atoms with Gasteiger partial charge in [0.15, 0.2) is 0 Å². The lowest BCUT2D eigenvalue weighted by molar-refractivity contribution is 0.622. The van der Waals surface area contributed by atoms with E-state index < -0.39 is 0 Å². The molecule has 2 nitrogen and oxygen atoms in total. The lowest BCUT2D eigenvalue weighted by Crippen LogP contribution is -2.32. The first-order chi connectivity index (χ1) is 8.66. The Balaban J connectivity index is 2.11. The van der Waals surface area contributed by atoms with Gasteiger partial charge in [-0.2, -0.15) is 0 Å².